The van der Waals surface area contributed by atoms with Crippen LogP contribution in [0.5, 0.6) is 0 Å². The number of alkyl halides is 1. The second-order valence-electron chi connectivity index (χ2n) is 3.63. The second kappa shape index (κ2) is 3.25. The van der Waals surface area contributed by atoms with Gasteiger partial charge in [-0.2, -0.15) is 0 Å². The lowest BCUT2D eigenvalue weighted by Crippen LogP contribution is -2.47. The molecule has 3 nitrogen and oxygen atoms in total. The lowest BCUT2D eigenvalue weighted by molar-refractivity contribution is -0.119. The lowest BCUT2D eigenvalue weighted by Gasteiger charge is -2.30. The maximum absolute atomic E-state index is 9.74. The topological polar surface area (TPSA) is 49.7 Å². The first kappa shape index (κ1) is 10.4. The highest BCUT2D eigenvalue weighted by Gasteiger charge is 2.51. The molecular formula is C8H15BrO3. The molecule has 0 saturated carbocycles. The number of halogens is 1. The molecule has 0 aromatic heterocycles. The average molecular weight is 239 g/mol. The first-order valence-electron chi connectivity index (χ1n) is 4.07. The first-order chi connectivity index (χ1) is 5.39. The SMILES string of the molecule is C[C@H]1C(Br)O[C@](C)([C@@H](C)O)[C@@H]1O. The summed E-state index contributed by atoms with van der Waals surface area (Å²) in [5.41, 5.74) is -0.840. The minimum Gasteiger partial charge on any atom is -0.390 e. The number of aliphatic hydroxyl groups is 2. The van der Waals surface area contributed by atoms with E-state index in [2.05, 4.69) is 15.9 Å². The number of ether oxygens (including phenoxy) is 1. The summed E-state index contributed by atoms with van der Waals surface area (Å²) >= 11 is 3.29. The third-order valence-electron chi connectivity index (χ3n) is 2.69. The molecule has 4 heteroatoms. The van der Waals surface area contributed by atoms with Gasteiger partial charge in [0.1, 0.15) is 10.6 Å². The summed E-state index contributed by atoms with van der Waals surface area (Å²) in [6.45, 7) is 5.23. The van der Waals surface area contributed by atoms with E-state index in [4.69, 9.17) is 4.74 Å². The van der Waals surface area contributed by atoms with E-state index in [9.17, 15) is 10.2 Å². The average Bonchev–Trinajstić information content (AvgIpc) is 2.17. The molecule has 1 rings (SSSR count). The summed E-state index contributed by atoms with van der Waals surface area (Å²) < 4.78 is 5.45. The summed E-state index contributed by atoms with van der Waals surface area (Å²) in [7, 11) is 0. The van der Waals surface area contributed by atoms with Crippen LogP contribution in [0.3, 0.4) is 0 Å². The monoisotopic (exact) mass is 238 g/mol. The zero-order valence-electron chi connectivity index (χ0n) is 7.49. The van der Waals surface area contributed by atoms with Crippen molar-refractivity contribution in [3.63, 3.8) is 0 Å². The van der Waals surface area contributed by atoms with Crippen LogP contribution in [0.1, 0.15) is 20.8 Å². The van der Waals surface area contributed by atoms with Gasteiger partial charge in [0.05, 0.1) is 12.2 Å². The fourth-order valence-corrected chi connectivity index (χ4v) is 2.12. The largest absolute Gasteiger partial charge is 0.390 e. The quantitative estimate of drug-likeness (QED) is 0.667. The molecule has 1 fully saturated rings. The molecule has 12 heavy (non-hydrogen) atoms. The summed E-state index contributed by atoms with van der Waals surface area (Å²) in [5, 5.41) is 19.0. The molecule has 0 bridgehead atoms. The Labute approximate surface area is 80.9 Å². The Hall–Kier alpha value is 0.360. The van der Waals surface area contributed by atoms with E-state index in [1.165, 1.54) is 0 Å². The second-order valence-corrected chi connectivity index (χ2v) is 4.54. The van der Waals surface area contributed by atoms with Crippen LogP contribution in [-0.4, -0.2) is 33.0 Å². The molecule has 72 valence electrons. The van der Waals surface area contributed by atoms with Gasteiger partial charge in [-0.1, -0.05) is 22.9 Å². The molecule has 0 spiro atoms. The van der Waals surface area contributed by atoms with Crippen LogP contribution in [-0.2, 0) is 4.74 Å². The van der Waals surface area contributed by atoms with Gasteiger partial charge in [0.25, 0.3) is 0 Å². The van der Waals surface area contributed by atoms with Crippen LogP contribution in [0, 0.1) is 5.92 Å². The predicted octanol–water partition coefficient (Wildman–Crippen LogP) is 0.874. The number of hydrogen-bond donors (Lipinski definition) is 2. The van der Waals surface area contributed by atoms with Gasteiger partial charge in [-0.25, -0.2) is 0 Å². The molecule has 0 amide bonds. The van der Waals surface area contributed by atoms with E-state index in [1.54, 1.807) is 13.8 Å². The zero-order valence-corrected chi connectivity index (χ0v) is 9.08. The van der Waals surface area contributed by atoms with Crippen molar-refractivity contribution in [2.24, 2.45) is 5.92 Å². The lowest BCUT2D eigenvalue weighted by atomic mass is 9.89. The zero-order chi connectivity index (χ0) is 9.52. The van der Waals surface area contributed by atoms with Gasteiger partial charge >= 0.3 is 0 Å². The Kier molecular flexibility index (Phi) is 2.83. The minimum absolute atomic E-state index is 0.00426. The summed E-state index contributed by atoms with van der Waals surface area (Å²) in [6.07, 6.45) is -1.29. The Morgan fingerprint density at radius 2 is 2.08 bits per heavy atom. The summed E-state index contributed by atoms with van der Waals surface area (Å²) in [6, 6.07) is 0. The smallest absolute Gasteiger partial charge is 0.119 e. The molecule has 2 N–H and O–H groups in total. The van der Waals surface area contributed by atoms with Crippen molar-refractivity contribution in [1.29, 1.82) is 0 Å². The number of aliphatic hydroxyl groups excluding tert-OH is 2. The molecule has 5 atom stereocenters. The molecule has 1 saturated heterocycles. The number of hydrogen-bond acceptors (Lipinski definition) is 3. The van der Waals surface area contributed by atoms with Crippen LogP contribution >= 0.6 is 15.9 Å². The van der Waals surface area contributed by atoms with Gasteiger partial charge < -0.3 is 14.9 Å². The highest BCUT2D eigenvalue weighted by atomic mass is 79.9. The standard InChI is InChI=1S/C8H15BrO3/c1-4-6(11)8(3,5(2)10)12-7(4)9/h4-7,10-11H,1-3H3/t4-,5-,6-,7?,8-/m1/s1. The third-order valence-corrected chi connectivity index (χ3v) is 3.72. The van der Waals surface area contributed by atoms with Crippen molar-refractivity contribution in [2.75, 3.05) is 0 Å². The van der Waals surface area contributed by atoms with E-state index in [-0.39, 0.29) is 10.9 Å². The molecule has 0 radical (unpaired) electrons. The molecule has 1 heterocycles. The van der Waals surface area contributed by atoms with Crippen molar-refractivity contribution in [3.8, 4) is 0 Å². The van der Waals surface area contributed by atoms with Gasteiger partial charge in [0.2, 0.25) is 0 Å². The third kappa shape index (κ3) is 1.41. The van der Waals surface area contributed by atoms with Crippen LogP contribution in [0.15, 0.2) is 0 Å². The van der Waals surface area contributed by atoms with E-state index < -0.39 is 17.8 Å². The Balaban J connectivity index is 2.82. The van der Waals surface area contributed by atoms with Crippen LogP contribution in [0.25, 0.3) is 0 Å². The van der Waals surface area contributed by atoms with Crippen LogP contribution < -0.4 is 0 Å². The van der Waals surface area contributed by atoms with Gasteiger partial charge in [-0.3, -0.25) is 0 Å². The predicted molar refractivity (Wildman–Crippen MR) is 49.1 cm³/mol. The fourth-order valence-electron chi connectivity index (χ4n) is 1.43. The molecule has 0 aromatic rings. The normalized spacial score (nSPS) is 51.0. The van der Waals surface area contributed by atoms with Crippen molar-refractivity contribution in [2.45, 2.75) is 43.6 Å². The first-order valence-corrected chi connectivity index (χ1v) is 4.99. The van der Waals surface area contributed by atoms with Crippen LogP contribution in [0.2, 0.25) is 0 Å². The Bertz CT molecular complexity index is 174. The van der Waals surface area contributed by atoms with E-state index in [0.717, 1.165) is 0 Å². The van der Waals surface area contributed by atoms with E-state index in [1.807, 2.05) is 6.92 Å². The molecular weight excluding hydrogens is 224 g/mol. The fraction of sp³-hybridized carbons (Fsp3) is 1.00. The van der Waals surface area contributed by atoms with Gasteiger partial charge in [0, 0.05) is 5.92 Å². The molecule has 0 aliphatic carbocycles. The maximum atomic E-state index is 9.74. The van der Waals surface area contributed by atoms with Crippen molar-refractivity contribution >= 4 is 15.9 Å². The molecule has 0 aromatic carbocycles. The van der Waals surface area contributed by atoms with E-state index >= 15 is 0 Å². The summed E-state index contributed by atoms with van der Waals surface area (Å²) in [5.74, 6) is 0.00426. The summed E-state index contributed by atoms with van der Waals surface area (Å²) in [4.78, 5) is 0. The minimum atomic E-state index is -0.840. The Morgan fingerprint density at radius 3 is 2.25 bits per heavy atom. The van der Waals surface area contributed by atoms with E-state index in [0.29, 0.717) is 0 Å². The van der Waals surface area contributed by atoms with Crippen molar-refractivity contribution in [1.82, 2.24) is 0 Å². The van der Waals surface area contributed by atoms with Crippen LogP contribution in [0.4, 0.5) is 0 Å². The number of rotatable bonds is 1. The molecule has 1 unspecified atom stereocenters. The maximum Gasteiger partial charge on any atom is 0.119 e. The highest BCUT2D eigenvalue weighted by Crippen LogP contribution is 2.39. The van der Waals surface area contributed by atoms with Gasteiger partial charge in [-0.05, 0) is 13.8 Å². The Morgan fingerprint density at radius 1 is 1.58 bits per heavy atom. The molecule has 1 aliphatic rings. The van der Waals surface area contributed by atoms with Gasteiger partial charge in [-0.15, -0.1) is 0 Å². The van der Waals surface area contributed by atoms with Crippen molar-refractivity contribution in [3.05, 3.63) is 0 Å². The highest BCUT2D eigenvalue weighted by molar-refractivity contribution is 9.09. The van der Waals surface area contributed by atoms with Gasteiger partial charge in [0.15, 0.2) is 0 Å². The van der Waals surface area contributed by atoms with Crippen molar-refractivity contribution < 1.29 is 14.9 Å². The molecule has 1 aliphatic heterocycles.